The number of nitrogens with one attached hydrogen (secondary N) is 1. The number of sulfonamides is 1. The zero-order chi connectivity index (χ0) is 19.1. The monoisotopic (exact) mass is 413 g/mol. The number of hydrogen-bond donors (Lipinski definition) is 2. The Bertz CT molecular complexity index is 1000. The number of carbonyl (C=O) groups is 2. The van der Waals surface area contributed by atoms with E-state index in [1.807, 2.05) is 0 Å². The molecular formula is C16H16ClN3O4S2. The summed E-state index contributed by atoms with van der Waals surface area (Å²) in [6.07, 6.45) is 0.557. The quantitative estimate of drug-likeness (QED) is 0.802. The van der Waals surface area contributed by atoms with Crippen molar-refractivity contribution in [1.82, 2.24) is 0 Å². The number of hydrogen-bond acceptors (Lipinski definition) is 5. The predicted octanol–water partition coefficient (Wildman–Crippen LogP) is 2.60. The molecule has 1 aromatic heterocycles. The Kier molecular flexibility index (Phi) is 4.96. The van der Waals surface area contributed by atoms with E-state index in [-0.39, 0.29) is 16.3 Å². The molecule has 1 saturated heterocycles. The summed E-state index contributed by atoms with van der Waals surface area (Å²) in [6.45, 7) is 2.16. The largest absolute Gasteiger partial charge is 0.365 e. The summed E-state index contributed by atoms with van der Waals surface area (Å²) in [6, 6.07) is 6.02. The summed E-state index contributed by atoms with van der Waals surface area (Å²) < 4.78 is 25.3. The maximum Gasteiger partial charge on any atom is 0.258 e. The van der Waals surface area contributed by atoms with Gasteiger partial charge in [-0.2, -0.15) is 0 Å². The molecule has 0 aliphatic carbocycles. The summed E-state index contributed by atoms with van der Waals surface area (Å²) in [4.78, 5) is 24.8. The van der Waals surface area contributed by atoms with Crippen molar-refractivity contribution in [3.8, 4) is 0 Å². The fraction of sp³-hybridized carbons (Fsp3) is 0.250. The molecule has 1 aromatic carbocycles. The van der Waals surface area contributed by atoms with Crippen molar-refractivity contribution in [2.45, 2.75) is 13.3 Å². The van der Waals surface area contributed by atoms with Crippen LogP contribution in [-0.2, 0) is 10.0 Å². The van der Waals surface area contributed by atoms with Gasteiger partial charge in [-0.25, -0.2) is 8.42 Å². The summed E-state index contributed by atoms with van der Waals surface area (Å²) >= 11 is 7.39. The molecule has 0 unspecified atom stereocenters. The van der Waals surface area contributed by atoms with Crippen LogP contribution in [-0.4, -0.2) is 32.5 Å². The van der Waals surface area contributed by atoms with Crippen LogP contribution in [0.15, 0.2) is 24.3 Å². The molecule has 3 rings (SSSR count). The Hall–Kier alpha value is -2.10. The van der Waals surface area contributed by atoms with E-state index >= 15 is 0 Å². The highest BCUT2D eigenvalue weighted by molar-refractivity contribution is 7.93. The van der Waals surface area contributed by atoms with E-state index in [1.54, 1.807) is 13.0 Å². The van der Waals surface area contributed by atoms with E-state index in [9.17, 15) is 18.0 Å². The van der Waals surface area contributed by atoms with Gasteiger partial charge in [-0.15, -0.1) is 11.3 Å². The molecule has 0 atom stereocenters. The Morgan fingerprint density at radius 3 is 2.58 bits per heavy atom. The van der Waals surface area contributed by atoms with Crippen molar-refractivity contribution in [3.05, 3.63) is 44.6 Å². The standard InChI is InChI=1S/C16H16ClN3O4S2/c1-9-13(8-14(25-9)15(18)21)19-16(22)11-4-3-10(7-12(11)17)20-5-2-6-26(20,23)24/h3-4,7-8H,2,5-6H2,1H3,(H2,18,21)(H,19,22). The summed E-state index contributed by atoms with van der Waals surface area (Å²) in [5.41, 5.74) is 6.37. The fourth-order valence-corrected chi connectivity index (χ4v) is 5.33. The molecule has 1 fully saturated rings. The summed E-state index contributed by atoms with van der Waals surface area (Å²) in [5.74, 6) is -0.914. The van der Waals surface area contributed by atoms with Crippen molar-refractivity contribution < 1.29 is 18.0 Å². The molecule has 2 aromatic rings. The van der Waals surface area contributed by atoms with Crippen LogP contribution in [0.1, 0.15) is 31.3 Å². The number of benzene rings is 1. The molecule has 0 spiro atoms. The van der Waals surface area contributed by atoms with Crippen LogP contribution >= 0.6 is 22.9 Å². The van der Waals surface area contributed by atoms with Crippen molar-refractivity contribution in [2.24, 2.45) is 5.73 Å². The second kappa shape index (κ2) is 6.90. The second-order valence-electron chi connectivity index (χ2n) is 5.80. The number of thiophene rings is 1. The predicted molar refractivity (Wildman–Crippen MR) is 103 cm³/mol. The number of halogens is 1. The van der Waals surface area contributed by atoms with Crippen LogP contribution in [0.5, 0.6) is 0 Å². The number of primary amides is 1. The lowest BCUT2D eigenvalue weighted by molar-refractivity contribution is 0.0999. The van der Waals surface area contributed by atoms with E-state index in [4.69, 9.17) is 17.3 Å². The highest BCUT2D eigenvalue weighted by atomic mass is 35.5. The number of rotatable bonds is 4. The Morgan fingerprint density at radius 1 is 1.31 bits per heavy atom. The van der Waals surface area contributed by atoms with Gasteiger partial charge < -0.3 is 11.1 Å². The van der Waals surface area contributed by atoms with Gasteiger partial charge in [0, 0.05) is 11.4 Å². The van der Waals surface area contributed by atoms with Crippen LogP contribution in [0, 0.1) is 6.92 Å². The lowest BCUT2D eigenvalue weighted by Gasteiger charge is -2.17. The average Bonchev–Trinajstić information content (AvgIpc) is 3.09. The lowest BCUT2D eigenvalue weighted by Crippen LogP contribution is -2.25. The first-order chi connectivity index (χ1) is 12.2. The van der Waals surface area contributed by atoms with Gasteiger partial charge in [0.25, 0.3) is 11.8 Å². The van der Waals surface area contributed by atoms with E-state index < -0.39 is 21.8 Å². The van der Waals surface area contributed by atoms with Crippen LogP contribution < -0.4 is 15.4 Å². The molecular weight excluding hydrogens is 398 g/mol. The number of nitrogens with two attached hydrogens (primary N) is 1. The highest BCUT2D eigenvalue weighted by Crippen LogP contribution is 2.30. The third kappa shape index (κ3) is 3.55. The molecule has 26 heavy (non-hydrogen) atoms. The Balaban J connectivity index is 1.83. The van der Waals surface area contributed by atoms with E-state index in [2.05, 4.69) is 5.32 Å². The van der Waals surface area contributed by atoms with E-state index in [0.717, 1.165) is 4.88 Å². The van der Waals surface area contributed by atoms with E-state index in [1.165, 1.54) is 33.8 Å². The maximum absolute atomic E-state index is 12.5. The maximum atomic E-state index is 12.5. The van der Waals surface area contributed by atoms with E-state index in [0.29, 0.717) is 29.2 Å². The SMILES string of the molecule is Cc1sc(C(N)=O)cc1NC(=O)c1ccc(N2CCCS2(=O)=O)cc1Cl. The molecule has 1 aliphatic heterocycles. The smallest absolute Gasteiger partial charge is 0.258 e. The number of nitrogens with zero attached hydrogens (tertiary/aromatic N) is 1. The molecule has 0 saturated carbocycles. The van der Waals surface area contributed by atoms with Crippen LogP contribution in [0.25, 0.3) is 0 Å². The fourth-order valence-electron chi connectivity index (χ4n) is 2.69. The minimum atomic E-state index is -3.32. The summed E-state index contributed by atoms with van der Waals surface area (Å²) in [5, 5.41) is 2.84. The first-order valence-electron chi connectivity index (χ1n) is 7.70. The van der Waals surface area contributed by atoms with Crippen LogP contribution in [0.2, 0.25) is 5.02 Å². The summed E-state index contributed by atoms with van der Waals surface area (Å²) in [7, 11) is -3.32. The van der Waals surface area contributed by atoms with Crippen LogP contribution in [0.4, 0.5) is 11.4 Å². The second-order valence-corrected chi connectivity index (χ2v) is 9.48. The minimum absolute atomic E-state index is 0.104. The molecule has 2 heterocycles. The van der Waals surface area contributed by atoms with Crippen molar-refractivity contribution in [3.63, 3.8) is 0 Å². The van der Waals surface area contributed by atoms with Crippen molar-refractivity contribution >= 4 is 56.2 Å². The third-order valence-corrected chi connectivity index (χ3v) is 7.24. The van der Waals surface area contributed by atoms with Gasteiger partial charge in [0.1, 0.15) is 0 Å². The van der Waals surface area contributed by atoms with Gasteiger partial charge in [0.15, 0.2) is 0 Å². The number of carbonyl (C=O) groups excluding carboxylic acids is 2. The topological polar surface area (TPSA) is 110 Å². The molecule has 1 aliphatic rings. The van der Waals surface area contributed by atoms with Crippen LogP contribution in [0.3, 0.4) is 0 Å². The average molecular weight is 414 g/mol. The molecule has 138 valence electrons. The molecule has 0 bridgehead atoms. The van der Waals surface area contributed by atoms with Gasteiger partial charge in [-0.3, -0.25) is 13.9 Å². The van der Waals surface area contributed by atoms with Gasteiger partial charge in [-0.05, 0) is 37.6 Å². The number of amides is 2. The zero-order valence-electron chi connectivity index (χ0n) is 13.8. The first kappa shape index (κ1) is 18.7. The normalized spacial score (nSPS) is 15.8. The minimum Gasteiger partial charge on any atom is -0.365 e. The van der Waals surface area contributed by atoms with Gasteiger partial charge >= 0.3 is 0 Å². The molecule has 7 nitrogen and oxygen atoms in total. The highest BCUT2D eigenvalue weighted by Gasteiger charge is 2.29. The van der Waals surface area contributed by atoms with Gasteiger partial charge in [0.05, 0.1) is 32.6 Å². The lowest BCUT2D eigenvalue weighted by atomic mass is 10.2. The van der Waals surface area contributed by atoms with Crippen molar-refractivity contribution in [2.75, 3.05) is 21.9 Å². The van der Waals surface area contributed by atoms with Gasteiger partial charge in [-0.1, -0.05) is 11.6 Å². The van der Waals surface area contributed by atoms with Gasteiger partial charge in [0.2, 0.25) is 10.0 Å². The Morgan fingerprint density at radius 2 is 2.04 bits per heavy atom. The first-order valence-corrected chi connectivity index (χ1v) is 10.5. The number of anilines is 2. The number of aryl methyl sites for hydroxylation is 1. The zero-order valence-corrected chi connectivity index (χ0v) is 16.2. The molecule has 10 heteroatoms. The Labute approximate surface area is 159 Å². The third-order valence-electron chi connectivity index (χ3n) is 3.99. The molecule has 0 radical (unpaired) electrons. The molecule has 3 N–H and O–H groups in total. The molecule has 2 amide bonds. The van der Waals surface area contributed by atoms with Crippen molar-refractivity contribution in [1.29, 1.82) is 0 Å².